The van der Waals surface area contributed by atoms with Crippen molar-refractivity contribution in [3.8, 4) is 0 Å². The first kappa shape index (κ1) is 14.9. The van der Waals surface area contributed by atoms with Crippen LogP contribution in [0, 0.1) is 0 Å². The molecule has 4 nitrogen and oxygen atoms in total. The van der Waals surface area contributed by atoms with Gasteiger partial charge in [0, 0.05) is 36.6 Å². The van der Waals surface area contributed by atoms with Crippen LogP contribution in [0.4, 0.5) is 0 Å². The van der Waals surface area contributed by atoms with E-state index < -0.39 is 0 Å². The zero-order valence-electron chi connectivity index (χ0n) is 12.2. The minimum Gasteiger partial charge on any atom is -0.394 e. The lowest BCUT2D eigenvalue weighted by atomic mass is 10.1. The van der Waals surface area contributed by atoms with Crippen molar-refractivity contribution >= 4 is 11.3 Å². The maximum absolute atomic E-state index is 9.32. The molecule has 1 aliphatic rings. The molecule has 108 valence electrons. The lowest BCUT2D eigenvalue weighted by molar-refractivity contribution is -0.150. The normalized spacial score (nSPS) is 24.0. The maximum Gasteiger partial charge on any atom is 0.0953 e. The average molecular weight is 284 g/mol. The fourth-order valence-electron chi connectivity index (χ4n) is 2.52. The van der Waals surface area contributed by atoms with E-state index in [2.05, 4.69) is 37.6 Å². The Hall–Kier alpha value is -0.490. The zero-order chi connectivity index (χ0) is 14.0. The molecule has 5 heteroatoms. The second-order valence-electron chi connectivity index (χ2n) is 6.17. The van der Waals surface area contributed by atoms with Crippen molar-refractivity contribution < 1.29 is 9.84 Å². The zero-order valence-corrected chi connectivity index (χ0v) is 13.0. The number of morpholine rings is 1. The van der Waals surface area contributed by atoms with Crippen molar-refractivity contribution in [2.24, 2.45) is 0 Å². The Morgan fingerprint density at radius 3 is 2.89 bits per heavy atom. The minimum atomic E-state index is -0.197. The number of rotatable bonds is 4. The summed E-state index contributed by atoms with van der Waals surface area (Å²) in [6, 6.07) is 0. The summed E-state index contributed by atoms with van der Waals surface area (Å²) in [6.45, 7) is 11.1. The van der Waals surface area contributed by atoms with Crippen LogP contribution in [0.5, 0.6) is 0 Å². The fraction of sp³-hybridized carbons (Fsp3) is 0.786. The van der Waals surface area contributed by atoms with Gasteiger partial charge in [0.15, 0.2) is 0 Å². The maximum atomic E-state index is 9.32. The second-order valence-corrected chi connectivity index (χ2v) is 7.32. The van der Waals surface area contributed by atoms with E-state index in [4.69, 9.17) is 4.74 Å². The quantitative estimate of drug-likeness (QED) is 0.921. The molecule has 2 rings (SSSR count). The van der Waals surface area contributed by atoms with Crippen LogP contribution in [0.25, 0.3) is 0 Å². The van der Waals surface area contributed by atoms with Crippen LogP contribution in [0.1, 0.15) is 43.5 Å². The largest absolute Gasteiger partial charge is 0.394 e. The molecule has 0 saturated carbocycles. The van der Waals surface area contributed by atoms with E-state index >= 15 is 0 Å². The molecule has 2 heterocycles. The van der Waals surface area contributed by atoms with Crippen LogP contribution in [0.15, 0.2) is 6.20 Å². The first-order chi connectivity index (χ1) is 8.89. The first-order valence-corrected chi connectivity index (χ1v) is 7.67. The van der Waals surface area contributed by atoms with Crippen molar-refractivity contribution in [2.75, 3.05) is 19.7 Å². The number of aliphatic hydroxyl groups excluding tert-OH is 1. The monoisotopic (exact) mass is 284 g/mol. The van der Waals surface area contributed by atoms with Gasteiger partial charge in [-0.25, -0.2) is 4.98 Å². The Bertz CT molecular complexity index is 417. The van der Waals surface area contributed by atoms with E-state index in [1.165, 1.54) is 9.88 Å². The van der Waals surface area contributed by atoms with E-state index in [1.54, 1.807) is 11.3 Å². The molecule has 1 atom stereocenters. The van der Waals surface area contributed by atoms with Crippen molar-refractivity contribution in [1.82, 2.24) is 9.88 Å². The highest BCUT2D eigenvalue weighted by Gasteiger charge is 2.33. The standard InChI is InChI=1S/C14H24N2O2S/c1-10(2)13-15-5-12(19-13)7-16-6-11(8-17)18-14(3,4)9-16/h5,10-11,17H,6-9H2,1-4H3. The molecule has 0 spiro atoms. The van der Waals surface area contributed by atoms with Gasteiger partial charge in [0.25, 0.3) is 0 Å². The molecule has 0 amide bonds. The second kappa shape index (κ2) is 5.87. The first-order valence-electron chi connectivity index (χ1n) is 6.85. The van der Waals surface area contributed by atoms with Gasteiger partial charge in [0.1, 0.15) is 0 Å². The van der Waals surface area contributed by atoms with Crippen LogP contribution >= 0.6 is 11.3 Å². The average Bonchev–Trinajstić information content (AvgIpc) is 2.75. The number of hydrogen-bond donors (Lipinski definition) is 1. The van der Waals surface area contributed by atoms with Gasteiger partial charge in [-0.15, -0.1) is 11.3 Å². The molecule has 0 aliphatic carbocycles. The summed E-state index contributed by atoms with van der Waals surface area (Å²) >= 11 is 1.79. The topological polar surface area (TPSA) is 45.6 Å². The minimum absolute atomic E-state index is 0.0822. The van der Waals surface area contributed by atoms with Gasteiger partial charge in [0.05, 0.1) is 23.3 Å². The van der Waals surface area contributed by atoms with Gasteiger partial charge < -0.3 is 9.84 Å². The van der Waals surface area contributed by atoms with Crippen LogP contribution in [-0.2, 0) is 11.3 Å². The Morgan fingerprint density at radius 1 is 1.58 bits per heavy atom. The van der Waals surface area contributed by atoms with Gasteiger partial charge in [-0.3, -0.25) is 4.90 Å². The Labute approximate surface area is 119 Å². The van der Waals surface area contributed by atoms with Crippen LogP contribution in [0.2, 0.25) is 0 Å². The van der Waals surface area contributed by atoms with Gasteiger partial charge in [-0.05, 0) is 13.8 Å². The summed E-state index contributed by atoms with van der Waals surface area (Å²) in [5, 5.41) is 10.5. The molecule has 1 fully saturated rings. The third kappa shape index (κ3) is 3.99. The Morgan fingerprint density at radius 2 is 2.32 bits per heavy atom. The summed E-state index contributed by atoms with van der Waals surface area (Å²) in [7, 11) is 0. The molecule has 1 aromatic rings. The molecule has 0 radical (unpaired) electrons. The molecule has 1 N–H and O–H groups in total. The van der Waals surface area contributed by atoms with Crippen molar-refractivity contribution in [2.45, 2.75) is 51.9 Å². The molecular formula is C14H24N2O2S. The summed E-state index contributed by atoms with van der Waals surface area (Å²) in [5.74, 6) is 0.491. The number of ether oxygens (including phenoxy) is 1. The molecule has 0 bridgehead atoms. The number of nitrogens with zero attached hydrogens (tertiary/aromatic N) is 2. The summed E-state index contributed by atoms with van der Waals surface area (Å²) < 4.78 is 5.83. The Balaban J connectivity index is 2.00. The van der Waals surface area contributed by atoms with E-state index in [0.717, 1.165) is 19.6 Å². The van der Waals surface area contributed by atoms with E-state index in [9.17, 15) is 5.11 Å². The number of hydrogen-bond acceptors (Lipinski definition) is 5. The predicted molar refractivity (Wildman–Crippen MR) is 77.5 cm³/mol. The van der Waals surface area contributed by atoms with Crippen LogP contribution in [-0.4, -0.2) is 46.4 Å². The van der Waals surface area contributed by atoms with Crippen molar-refractivity contribution in [1.29, 1.82) is 0 Å². The van der Waals surface area contributed by atoms with Crippen molar-refractivity contribution in [3.05, 3.63) is 16.1 Å². The third-order valence-corrected chi connectivity index (χ3v) is 4.48. The van der Waals surface area contributed by atoms with E-state index in [1.807, 2.05) is 6.20 Å². The fourth-order valence-corrected chi connectivity index (χ4v) is 3.48. The lowest BCUT2D eigenvalue weighted by Crippen LogP contribution is -2.53. The van der Waals surface area contributed by atoms with Crippen LogP contribution < -0.4 is 0 Å². The number of aromatic nitrogens is 1. The molecule has 1 saturated heterocycles. The van der Waals surface area contributed by atoms with Gasteiger partial charge >= 0.3 is 0 Å². The molecule has 19 heavy (non-hydrogen) atoms. The summed E-state index contributed by atoms with van der Waals surface area (Å²) in [4.78, 5) is 8.11. The lowest BCUT2D eigenvalue weighted by Gasteiger charge is -2.42. The number of thiazole rings is 1. The molecule has 1 aromatic heterocycles. The van der Waals surface area contributed by atoms with Gasteiger partial charge in [-0.2, -0.15) is 0 Å². The molecule has 0 aromatic carbocycles. The smallest absolute Gasteiger partial charge is 0.0953 e. The highest BCUT2D eigenvalue weighted by molar-refractivity contribution is 7.11. The molecule has 1 unspecified atom stereocenters. The highest BCUT2D eigenvalue weighted by atomic mass is 32.1. The molecular weight excluding hydrogens is 260 g/mol. The van der Waals surface area contributed by atoms with Crippen LogP contribution in [0.3, 0.4) is 0 Å². The summed E-state index contributed by atoms with van der Waals surface area (Å²) in [5.41, 5.74) is -0.197. The molecule has 1 aliphatic heterocycles. The highest BCUT2D eigenvalue weighted by Crippen LogP contribution is 2.26. The van der Waals surface area contributed by atoms with E-state index in [0.29, 0.717) is 5.92 Å². The number of aliphatic hydroxyl groups is 1. The summed E-state index contributed by atoms with van der Waals surface area (Å²) in [6.07, 6.45) is 1.90. The van der Waals surface area contributed by atoms with Gasteiger partial charge in [-0.1, -0.05) is 13.8 Å². The SMILES string of the molecule is CC(C)c1ncc(CN2CC(CO)OC(C)(C)C2)s1. The predicted octanol–water partition coefficient (Wildman–Crippen LogP) is 2.24. The van der Waals surface area contributed by atoms with Crippen molar-refractivity contribution in [3.63, 3.8) is 0 Å². The van der Waals surface area contributed by atoms with E-state index in [-0.39, 0.29) is 18.3 Å². The Kier molecular flexibility index (Phi) is 4.61. The third-order valence-electron chi connectivity index (χ3n) is 3.20. The van der Waals surface area contributed by atoms with Gasteiger partial charge in [0.2, 0.25) is 0 Å².